The van der Waals surface area contributed by atoms with E-state index in [0.717, 1.165) is 21.2 Å². The Morgan fingerprint density at radius 3 is 1.22 bits per heavy atom. The molecule has 0 aliphatic rings. The molecular formula is C14H16Cl2N2. The molecule has 0 spiro atoms. The number of nitrogens with two attached hydrogens (primary N) is 2. The van der Waals surface area contributed by atoms with E-state index in [2.05, 4.69) is 0 Å². The molecule has 0 saturated heterocycles. The molecule has 4 heteroatoms. The van der Waals surface area contributed by atoms with Gasteiger partial charge in [-0.3, -0.25) is 0 Å². The maximum Gasteiger partial charge on any atom is 0.0450 e. The lowest BCUT2D eigenvalue weighted by atomic mass is 10.2. The number of hydrogen-bond acceptors (Lipinski definition) is 2. The first-order valence-electron chi connectivity index (χ1n) is 5.56. The van der Waals surface area contributed by atoms with Gasteiger partial charge in [-0.05, 0) is 23.3 Å². The van der Waals surface area contributed by atoms with Crippen LogP contribution in [0.3, 0.4) is 0 Å². The highest BCUT2D eigenvalue weighted by molar-refractivity contribution is 6.31. The lowest BCUT2D eigenvalue weighted by Crippen LogP contribution is -1.95. The van der Waals surface area contributed by atoms with E-state index in [1.165, 1.54) is 0 Å². The van der Waals surface area contributed by atoms with Crippen molar-refractivity contribution in [1.29, 1.82) is 0 Å². The predicted molar refractivity (Wildman–Crippen MR) is 78.7 cm³/mol. The first-order chi connectivity index (χ1) is 8.69. The second-order valence-corrected chi connectivity index (χ2v) is 4.41. The maximum atomic E-state index is 5.74. The smallest absolute Gasteiger partial charge is 0.0450 e. The molecule has 2 nitrogen and oxygen atoms in total. The molecule has 0 radical (unpaired) electrons. The number of halogens is 2. The van der Waals surface area contributed by atoms with E-state index in [9.17, 15) is 0 Å². The van der Waals surface area contributed by atoms with Gasteiger partial charge >= 0.3 is 0 Å². The number of rotatable bonds is 2. The van der Waals surface area contributed by atoms with E-state index in [1.54, 1.807) is 0 Å². The van der Waals surface area contributed by atoms with E-state index in [-0.39, 0.29) is 0 Å². The Balaban J connectivity index is 0.000000180. The Bertz CT molecular complexity index is 441. The van der Waals surface area contributed by atoms with Gasteiger partial charge in [0.2, 0.25) is 0 Å². The average molecular weight is 283 g/mol. The highest BCUT2D eigenvalue weighted by atomic mass is 35.5. The van der Waals surface area contributed by atoms with Crippen molar-refractivity contribution in [2.75, 3.05) is 0 Å². The van der Waals surface area contributed by atoms with Gasteiger partial charge in [-0.25, -0.2) is 0 Å². The monoisotopic (exact) mass is 282 g/mol. The quantitative estimate of drug-likeness (QED) is 0.884. The van der Waals surface area contributed by atoms with Gasteiger partial charge in [-0.15, -0.1) is 0 Å². The van der Waals surface area contributed by atoms with Crippen molar-refractivity contribution < 1.29 is 0 Å². The van der Waals surface area contributed by atoms with Gasteiger partial charge in [0, 0.05) is 23.1 Å². The summed E-state index contributed by atoms with van der Waals surface area (Å²) < 4.78 is 0. The summed E-state index contributed by atoms with van der Waals surface area (Å²) in [6, 6.07) is 15.1. The van der Waals surface area contributed by atoms with Crippen LogP contribution in [0.25, 0.3) is 0 Å². The highest BCUT2D eigenvalue weighted by Crippen LogP contribution is 2.13. The zero-order valence-corrected chi connectivity index (χ0v) is 11.5. The van der Waals surface area contributed by atoms with E-state index in [0.29, 0.717) is 13.1 Å². The van der Waals surface area contributed by atoms with Gasteiger partial charge < -0.3 is 11.5 Å². The van der Waals surface area contributed by atoms with Crippen LogP contribution in [0.15, 0.2) is 48.5 Å². The average Bonchev–Trinajstić information content (AvgIpc) is 2.41. The van der Waals surface area contributed by atoms with Crippen LogP contribution in [0.5, 0.6) is 0 Å². The fourth-order valence-electron chi connectivity index (χ4n) is 1.33. The lowest BCUT2D eigenvalue weighted by molar-refractivity contribution is 1.07. The Morgan fingerprint density at radius 2 is 1.00 bits per heavy atom. The van der Waals surface area contributed by atoms with Crippen molar-refractivity contribution in [3.8, 4) is 0 Å². The van der Waals surface area contributed by atoms with Crippen LogP contribution >= 0.6 is 23.2 Å². The minimum absolute atomic E-state index is 0.514. The molecule has 96 valence electrons. The molecule has 0 saturated carbocycles. The largest absolute Gasteiger partial charge is 0.326 e. The summed E-state index contributed by atoms with van der Waals surface area (Å²) >= 11 is 11.5. The number of benzene rings is 2. The van der Waals surface area contributed by atoms with Gasteiger partial charge in [0.05, 0.1) is 0 Å². The van der Waals surface area contributed by atoms with Crippen molar-refractivity contribution in [3.63, 3.8) is 0 Å². The minimum Gasteiger partial charge on any atom is -0.326 e. The van der Waals surface area contributed by atoms with E-state index in [1.807, 2.05) is 48.5 Å². The summed E-state index contributed by atoms with van der Waals surface area (Å²) in [5, 5.41) is 1.50. The number of hydrogen-bond donors (Lipinski definition) is 2. The van der Waals surface area contributed by atoms with Crippen LogP contribution in [-0.2, 0) is 13.1 Å². The Morgan fingerprint density at radius 1 is 0.667 bits per heavy atom. The van der Waals surface area contributed by atoms with Crippen molar-refractivity contribution >= 4 is 23.2 Å². The van der Waals surface area contributed by atoms with Crippen molar-refractivity contribution in [2.24, 2.45) is 11.5 Å². The minimum atomic E-state index is 0.514. The SMILES string of the molecule is NCc1ccccc1Cl.NCc1ccccc1Cl. The fraction of sp³-hybridized carbons (Fsp3) is 0.143. The fourth-order valence-corrected chi connectivity index (χ4v) is 1.75. The zero-order chi connectivity index (χ0) is 13.4. The molecule has 4 N–H and O–H groups in total. The van der Waals surface area contributed by atoms with Crippen LogP contribution in [0.2, 0.25) is 10.0 Å². The van der Waals surface area contributed by atoms with Crippen molar-refractivity contribution in [3.05, 3.63) is 69.7 Å². The summed E-state index contributed by atoms with van der Waals surface area (Å²) in [6.45, 7) is 1.03. The molecule has 0 atom stereocenters. The van der Waals surface area contributed by atoms with Crippen LogP contribution in [-0.4, -0.2) is 0 Å². The van der Waals surface area contributed by atoms with Crippen LogP contribution in [0.4, 0.5) is 0 Å². The summed E-state index contributed by atoms with van der Waals surface area (Å²) in [7, 11) is 0. The van der Waals surface area contributed by atoms with Crippen LogP contribution in [0, 0.1) is 0 Å². The third kappa shape index (κ3) is 4.67. The molecule has 0 amide bonds. The van der Waals surface area contributed by atoms with Gasteiger partial charge in [0.1, 0.15) is 0 Å². The molecule has 18 heavy (non-hydrogen) atoms. The molecule has 0 aliphatic heterocycles. The molecule has 0 fully saturated rings. The molecule has 0 aliphatic carbocycles. The van der Waals surface area contributed by atoms with Crippen LogP contribution in [0.1, 0.15) is 11.1 Å². The van der Waals surface area contributed by atoms with E-state index in [4.69, 9.17) is 34.7 Å². The van der Waals surface area contributed by atoms with Gasteiger partial charge in [-0.2, -0.15) is 0 Å². The topological polar surface area (TPSA) is 52.0 Å². The van der Waals surface area contributed by atoms with Crippen molar-refractivity contribution in [2.45, 2.75) is 13.1 Å². The van der Waals surface area contributed by atoms with Crippen molar-refractivity contribution in [1.82, 2.24) is 0 Å². The molecule has 0 heterocycles. The van der Waals surface area contributed by atoms with Gasteiger partial charge in [0.25, 0.3) is 0 Å². The normalized spacial score (nSPS) is 9.56. The van der Waals surface area contributed by atoms with E-state index < -0.39 is 0 Å². The molecule has 0 bridgehead atoms. The molecule has 0 aromatic heterocycles. The Labute approximate surface area is 118 Å². The maximum absolute atomic E-state index is 5.74. The molecule has 0 unspecified atom stereocenters. The van der Waals surface area contributed by atoms with E-state index >= 15 is 0 Å². The third-order valence-corrected chi connectivity index (χ3v) is 3.09. The summed E-state index contributed by atoms with van der Waals surface area (Å²) in [6.07, 6.45) is 0. The second-order valence-electron chi connectivity index (χ2n) is 3.59. The van der Waals surface area contributed by atoms with Gasteiger partial charge in [-0.1, -0.05) is 59.6 Å². The summed E-state index contributed by atoms with van der Waals surface area (Å²) in [4.78, 5) is 0. The van der Waals surface area contributed by atoms with Gasteiger partial charge in [0.15, 0.2) is 0 Å². The summed E-state index contributed by atoms with van der Waals surface area (Å²) in [5.41, 5.74) is 12.7. The molecule has 2 rings (SSSR count). The first kappa shape index (κ1) is 15.0. The Hall–Kier alpha value is -1.06. The first-order valence-corrected chi connectivity index (χ1v) is 6.31. The molecule has 2 aromatic rings. The third-order valence-electron chi connectivity index (χ3n) is 2.36. The zero-order valence-electron chi connectivity index (χ0n) is 9.94. The lowest BCUT2D eigenvalue weighted by Gasteiger charge is -1.96. The highest BCUT2D eigenvalue weighted by Gasteiger charge is 1.92. The second kappa shape index (κ2) is 8.11. The molecule has 2 aromatic carbocycles. The van der Waals surface area contributed by atoms with Crippen LogP contribution < -0.4 is 11.5 Å². The standard InChI is InChI=1S/2C7H8ClN/c2*8-7-4-2-1-3-6(7)5-9/h2*1-4H,5,9H2. The summed E-state index contributed by atoms with van der Waals surface area (Å²) in [5.74, 6) is 0. The predicted octanol–water partition coefficient (Wildman–Crippen LogP) is 3.60. The Kier molecular flexibility index (Phi) is 6.76. The molecular weight excluding hydrogens is 267 g/mol.